The Morgan fingerprint density at radius 1 is 1.15 bits per heavy atom. The number of aromatic nitrogens is 2. The fourth-order valence-electron chi connectivity index (χ4n) is 5.13. The quantitative estimate of drug-likeness (QED) is 0.334. The van der Waals surface area contributed by atoms with Crippen molar-refractivity contribution in [3.8, 4) is 11.8 Å². The van der Waals surface area contributed by atoms with Crippen LogP contribution in [0, 0.1) is 17.2 Å². The van der Waals surface area contributed by atoms with Gasteiger partial charge in [0.15, 0.2) is 0 Å². The Balaban J connectivity index is 1.48. The molecule has 0 spiro atoms. The van der Waals surface area contributed by atoms with Crippen LogP contribution in [0.3, 0.4) is 0 Å². The average Bonchev–Trinajstić information content (AvgIpc) is 3.37. The molecule has 10 heteroatoms. The molecule has 10 nitrogen and oxygen atoms in total. The molecule has 0 unspecified atom stereocenters. The maximum Gasteiger partial charge on any atom is 0.222 e. The second kappa shape index (κ2) is 13.6. The number of pyridine rings is 1. The average molecular weight is 547 g/mol. The number of hydrogen-bond donors (Lipinski definition) is 0. The molecule has 0 aromatic carbocycles. The highest BCUT2D eigenvalue weighted by molar-refractivity contribution is 5.82. The van der Waals surface area contributed by atoms with Crippen LogP contribution in [0.4, 0.5) is 0 Å². The van der Waals surface area contributed by atoms with Gasteiger partial charge in [-0.1, -0.05) is 19.9 Å². The SMILES string of the molecule is C=N/C(=C\C=C(/C)c1cc(OCCN2CCN(C)CC2)cn2ncc(C#N)c12)N1CCN(C(=O)CC(C)C)CC1. The molecule has 0 radical (unpaired) electrons. The summed E-state index contributed by atoms with van der Waals surface area (Å²) in [4.78, 5) is 25.6. The summed E-state index contributed by atoms with van der Waals surface area (Å²) in [5.74, 6) is 2.05. The summed E-state index contributed by atoms with van der Waals surface area (Å²) in [6, 6.07) is 4.25. The number of nitriles is 1. The summed E-state index contributed by atoms with van der Waals surface area (Å²) < 4.78 is 7.88. The van der Waals surface area contributed by atoms with Crippen molar-refractivity contribution in [1.82, 2.24) is 29.2 Å². The topological polar surface area (TPSA) is 92.7 Å². The zero-order valence-corrected chi connectivity index (χ0v) is 24.3. The predicted molar refractivity (Wildman–Crippen MR) is 158 cm³/mol. The Kier molecular flexibility index (Phi) is 9.96. The molecule has 2 aromatic heterocycles. The van der Waals surface area contributed by atoms with Crippen LogP contribution in [0.15, 0.2) is 41.4 Å². The lowest BCUT2D eigenvalue weighted by atomic mass is 10.0. The van der Waals surface area contributed by atoms with E-state index in [1.807, 2.05) is 36.2 Å². The zero-order chi connectivity index (χ0) is 28.6. The molecule has 2 saturated heterocycles. The van der Waals surface area contributed by atoms with Crippen molar-refractivity contribution in [2.24, 2.45) is 10.9 Å². The molecule has 0 atom stereocenters. The first-order chi connectivity index (χ1) is 19.3. The number of hydrogen-bond acceptors (Lipinski definition) is 8. The summed E-state index contributed by atoms with van der Waals surface area (Å²) in [6.07, 6.45) is 7.96. The molecule has 4 heterocycles. The number of amides is 1. The molecule has 1 amide bonds. The maximum absolute atomic E-state index is 12.5. The van der Waals surface area contributed by atoms with Crippen LogP contribution in [-0.4, -0.2) is 114 Å². The minimum absolute atomic E-state index is 0.214. The second-order valence-corrected chi connectivity index (χ2v) is 11.0. The van der Waals surface area contributed by atoms with E-state index in [0.29, 0.717) is 56.4 Å². The van der Waals surface area contributed by atoms with Gasteiger partial charge >= 0.3 is 0 Å². The van der Waals surface area contributed by atoms with Gasteiger partial charge in [-0.3, -0.25) is 9.69 Å². The molecule has 2 aliphatic heterocycles. The highest BCUT2D eigenvalue weighted by Crippen LogP contribution is 2.28. The molecule has 40 heavy (non-hydrogen) atoms. The van der Waals surface area contributed by atoms with Crippen molar-refractivity contribution in [3.05, 3.63) is 47.6 Å². The zero-order valence-electron chi connectivity index (χ0n) is 24.3. The van der Waals surface area contributed by atoms with Gasteiger partial charge in [-0.2, -0.15) is 10.4 Å². The van der Waals surface area contributed by atoms with Gasteiger partial charge in [-0.05, 0) is 44.3 Å². The molecular formula is C30H42N8O2. The molecule has 4 rings (SSSR count). The number of carbonyl (C=O) groups is 1. The lowest BCUT2D eigenvalue weighted by molar-refractivity contribution is -0.133. The van der Waals surface area contributed by atoms with Gasteiger partial charge in [0.1, 0.15) is 24.2 Å². The van der Waals surface area contributed by atoms with Gasteiger partial charge < -0.3 is 19.4 Å². The van der Waals surface area contributed by atoms with Crippen LogP contribution < -0.4 is 4.74 Å². The van der Waals surface area contributed by atoms with E-state index in [4.69, 9.17) is 4.74 Å². The largest absolute Gasteiger partial charge is 0.491 e. The fourth-order valence-corrected chi connectivity index (χ4v) is 5.13. The number of allylic oxidation sites excluding steroid dienone is 3. The molecule has 2 aliphatic rings. The van der Waals surface area contributed by atoms with Crippen molar-refractivity contribution in [2.75, 3.05) is 72.6 Å². The second-order valence-electron chi connectivity index (χ2n) is 11.0. The number of piperazine rings is 2. The highest BCUT2D eigenvalue weighted by Gasteiger charge is 2.22. The van der Waals surface area contributed by atoms with Gasteiger partial charge in [-0.15, -0.1) is 0 Å². The predicted octanol–water partition coefficient (Wildman–Crippen LogP) is 2.97. The minimum atomic E-state index is 0.214. The summed E-state index contributed by atoms with van der Waals surface area (Å²) in [5, 5.41) is 14.1. The van der Waals surface area contributed by atoms with Crippen molar-refractivity contribution < 1.29 is 9.53 Å². The van der Waals surface area contributed by atoms with Crippen LogP contribution in [0.2, 0.25) is 0 Å². The number of rotatable bonds is 10. The molecular weight excluding hydrogens is 504 g/mol. The smallest absolute Gasteiger partial charge is 0.222 e. The van der Waals surface area contributed by atoms with E-state index in [2.05, 4.69) is 58.5 Å². The van der Waals surface area contributed by atoms with Crippen molar-refractivity contribution in [1.29, 1.82) is 5.26 Å². The Hall–Kier alpha value is -3.68. The molecule has 0 aliphatic carbocycles. The van der Waals surface area contributed by atoms with E-state index >= 15 is 0 Å². The minimum Gasteiger partial charge on any atom is -0.491 e. The van der Waals surface area contributed by atoms with E-state index in [0.717, 1.165) is 55.2 Å². The number of aliphatic imine (C=N–C) groups is 1. The Bertz CT molecular complexity index is 1290. The first kappa shape index (κ1) is 29.3. The van der Waals surface area contributed by atoms with Crippen LogP contribution in [-0.2, 0) is 4.79 Å². The van der Waals surface area contributed by atoms with Crippen molar-refractivity contribution in [3.63, 3.8) is 0 Å². The van der Waals surface area contributed by atoms with Crippen LogP contribution >= 0.6 is 0 Å². The van der Waals surface area contributed by atoms with Crippen LogP contribution in [0.25, 0.3) is 11.1 Å². The fraction of sp³-hybridized carbons (Fsp3) is 0.533. The molecule has 214 valence electrons. The molecule has 2 fully saturated rings. The van der Waals surface area contributed by atoms with Gasteiger partial charge in [0.2, 0.25) is 5.91 Å². The van der Waals surface area contributed by atoms with Gasteiger partial charge in [-0.25, -0.2) is 9.51 Å². The normalized spacial score (nSPS) is 17.9. The van der Waals surface area contributed by atoms with Crippen molar-refractivity contribution in [2.45, 2.75) is 27.2 Å². The number of carbonyl (C=O) groups excluding carboxylic acids is 1. The van der Waals surface area contributed by atoms with E-state index in [-0.39, 0.29) is 5.91 Å². The Morgan fingerprint density at radius 3 is 2.50 bits per heavy atom. The lowest BCUT2D eigenvalue weighted by Gasteiger charge is -2.36. The molecule has 0 saturated carbocycles. The van der Waals surface area contributed by atoms with E-state index in [1.54, 1.807) is 10.7 Å². The van der Waals surface area contributed by atoms with E-state index in [1.165, 1.54) is 0 Å². The van der Waals surface area contributed by atoms with Gasteiger partial charge in [0.05, 0.1) is 23.5 Å². The third-order valence-corrected chi connectivity index (χ3v) is 7.59. The van der Waals surface area contributed by atoms with Gasteiger partial charge in [0.25, 0.3) is 0 Å². The van der Waals surface area contributed by atoms with Crippen molar-refractivity contribution >= 4 is 23.7 Å². The first-order valence-electron chi connectivity index (χ1n) is 14.1. The number of fused-ring (bicyclic) bond motifs is 1. The molecule has 0 bridgehead atoms. The third-order valence-electron chi connectivity index (χ3n) is 7.59. The first-order valence-corrected chi connectivity index (χ1v) is 14.1. The lowest BCUT2D eigenvalue weighted by Crippen LogP contribution is -2.48. The maximum atomic E-state index is 12.5. The number of nitrogens with zero attached hydrogens (tertiary/aromatic N) is 8. The highest BCUT2D eigenvalue weighted by atomic mass is 16.5. The molecule has 2 aromatic rings. The molecule has 0 N–H and O–H groups in total. The summed E-state index contributed by atoms with van der Waals surface area (Å²) in [6.45, 7) is 18.4. The monoisotopic (exact) mass is 546 g/mol. The van der Waals surface area contributed by atoms with Gasteiger partial charge in [0, 0.05) is 70.9 Å². The van der Waals surface area contributed by atoms with Crippen LogP contribution in [0.1, 0.15) is 38.3 Å². The third kappa shape index (κ3) is 7.29. The number of ether oxygens (including phenoxy) is 1. The summed E-state index contributed by atoms with van der Waals surface area (Å²) in [5.41, 5.74) is 3.11. The Labute approximate surface area is 237 Å². The van der Waals surface area contributed by atoms with Crippen LogP contribution in [0.5, 0.6) is 5.75 Å². The van der Waals surface area contributed by atoms with E-state index < -0.39 is 0 Å². The Morgan fingerprint density at radius 2 is 1.85 bits per heavy atom. The standard InChI is InChI=1S/C30H42N8O2/c1-23(2)18-29(39)37-14-12-36(13-15-37)28(32-4)7-6-24(3)27-19-26(22-38-30(27)25(20-31)21-33-38)40-17-16-35-10-8-34(5)9-11-35/h6-7,19,21-23H,4,8-18H2,1-3,5H3/b24-6+,28-7+. The number of likely N-dealkylation sites (N-methyl/N-ethyl adjacent to an activating group) is 1. The summed E-state index contributed by atoms with van der Waals surface area (Å²) >= 11 is 0. The van der Waals surface area contributed by atoms with E-state index in [9.17, 15) is 10.1 Å². The summed E-state index contributed by atoms with van der Waals surface area (Å²) in [7, 11) is 2.15.